The van der Waals surface area contributed by atoms with Gasteiger partial charge >= 0.3 is 0 Å². The quantitative estimate of drug-likeness (QED) is 0.724. The fourth-order valence-corrected chi connectivity index (χ4v) is 4.85. The molecule has 0 unspecified atom stereocenters. The molecule has 0 fully saturated rings. The number of aryl methyl sites for hydroxylation is 1. The summed E-state index contributed by atoms with van der Waals surface area (Å²) >= 11 is 1.13. The highest BCUT2D eigenvalue weighted by atomic mass is 32.2. The van der Waals surface area contributed by atoms with E-state index in [4.69, 9.17) is 0 Å². The number of sulfonamides is 1. The predicted octanol–water partition coefficient (Wildman–Crippen LogP) is 2.47. The van der Waals surface area contributed by atoms with Crippen LogP contribution in [0.1, 0.15) is 24.5 Å². The number of carbonyl (C=O) groups excluding carboxylic acids is 1. The maximum Gasteiger partial charge on any atom is 0.240 e. The molecule has 0 radical (unpaired) electrons. The summed E-state index contributed by atoms with van der Waals surface area (Å²) in [7, 11) is -3.66. The predicted molar refractivity (Wildman–Crippen MR) is 104 cm³/mol. The number of amides is 1. The number of nitrogens with zero attached hydrogens (tertiary/aromatic N) is 3. The molecule has 2 heterocycles. The van der Waals surface area contributed by atoms with Gasteiger partial charge in [-0.25, -0.2) is 13.1 Å². The van der Waals surface area contributed by atoms with Gasteiger partial charge in [-0.2, -0.15) is 8.75 Å². The van der Waals surface area contributed by atoms with E-state index in [0.29, 0.717) is 6.54 Å². The average Bonchev–Trinajstić information content (AvgIpc) is 3.13. The second kappa shape index (κ2) is 6.99. The minimum atomic E-state index is -3.66. The van der Waals surface area contributed by atoms with Gasteiger partial charge in [-0.1, -0.05) is 6.07 Å². The molecular formula is C18H18N4O3S2. The molecule has 140 valence electrons. The van der Waals surface area contributed by atoms with Crippen LogP contribution in [0, 0.1) is 0 Å². The SMILES string of the molecule is CC(=O)N1CCCc2cc(S(=O)(=O)NCc3ccc4nsnc4c3)ccc21. The molecule has 0 bridgehead atoms. The normalized spacial score (nSPS) is 14.3. The van der Waals surface area contributed by atoms with Crippen molar-refractivity contribution in [2.45, 2.75) is 31.2 Å². The molecule has 1 amide bonds. The van der Waals surface area contributed by atoms with Crippen molar-refractivity contribution in [1.82, 2.24) is 13.5 Å². The van der Waals surface area contributed by atoms with Gasteiger partial charge in [-0.05, 0) is 54.3 Å². The first-order valence-corrected chi connectivity index (χ1v) is 10.8. The van der Waals surface area contributed by atoms with Gasteiger partial charge in [0.05, 0.1) is 16.6 Å². The Bertz CT molecular complexity index is 1120. The van der Waals surface area contributed by atoms with Gasteiger partial charge in [0.1, 0.15) is 11.0 Å². The molecule has 3 aromatic rings. The van der Waals surface area contributed by atoms with Crippen molar-refractivity contribution < 1.29 is 13.2 Å². The monoisotopic (exact) mass is 402 g/mol. The lowest BCUT2D eigenvalue weighted by Gasteiger charge is -2.28. The van der Waals surface area contributed by atoms with E-state index in [1.165, 1.54) is 6.92 Å². The second-order valence-corrected chi connectivity index (χ2v) is 8.77. The third-order valence-corrected chi connectivity index (χ3v) is 6.60. The van der Waals surface area contributed by atoms with Gasteiger partial charge < -0.3 is 4.90 Å². The van der Waals surface area contributed by atoms with E-state index in [1.807, 2.05) is 18.2 Å². The number of fused-ring (bicyclic) bond motifs is 2. The van der Waals surface area contributed by atoms with Crippen LogP contribution < -0.4 is 9.62 Å². The fraction of sp³-hybridized carbons (Fsp3) is 0.278. The fourth-order valence-electron chi connectivity index (χ4n) is 3.27. The maximum atomic E-state index is 12.7. The summed E-state index contributed by atoms with van der Waals surface area (Å²) in [4.78, 5) is 13.7. The van der Waals surface area contributed by atoms with Gasteiger partial charge in [0.15, 0.2) is 0 Å². The number of nitrogens with one attached hydrogen (secondary N) is 1. The summed E-state index contributed by atoms with van der Waals surface area (Å²) < 4.78 is 36.4. The molecule has 7 nitrogen and oxygen atoms in total. The van der Waals surface area contributed by atoms with E-state index in [1.54, 1.807) is 23.1 Å². The van der Waals surface area contributed by atoms with E-state index in [9.17, 15) is 13.2 Å². The van der Waals surface area contributed by atoms with Crippen LogP contribution in [0.25, 0.3) is 11.0 Å². The average molecular weight is 403 g/mol. The van der Waals surface area contributed by atoms with Crippen molar-refractivity contribution in [2.75, 3.05) is 11.4 Å². The number of carbonyl (C=O) groups is 1. The number of benzene rings is 2. The van der Waals surface area contributed by atoms with Gasteiger partial charge in [-0.15, -0.1) is 0 Å². The molecule has 1 N–H and O–H groups in total. The van der Waals surface area contributed by atoms with Crippen LogP contribution in [0.5, 0.6) is 0 Å². The third-order valence-electron chi connectivity index (χ3n) is 4.64. The Labute approximate surface area is 161 Å². The van der Waals surface area contributed by atoms with Crippen molar-refractivity contribution >= 4 is 44.4 Å². The van der Waals surface area contributed by atoms with E-state index < -0.39 is 10.0 Å². The summed E-state index contributed by atoms with van der Waals surface area (Å²) in [6, 6.07) is 10.4. The largest absolute Gasteiger partial charge is 0.312 e. The summed E-state index contributed by atoms with van der Waals surface area (Å²) in [5.41, 5.74) is 4.06. The first-order valence-electron chi connectivity index (χ1n) is 8.56. The molecule has 1 aliphatic rings. The molecular weight excluding hydrogens is 384 g/mol. The number of rotatable bonds is 4. The van der Waals surface area contributed by atoms with Crippen LogP contribution >= 0.6 is 11.7 Å². The molecule has 0 saturated carbocycles. The Kier molecular flexibility index (Phi) is 4.67. The second-order valence-electron chi connectivity index (χ2n) is 6.48. The van der Waals surface area contributed by atoms with Crippen LogP contribution in [0.3, 0.4) is 0 Å². The first-order chi connectivity index (χ1) is 12.9. The Morgan fingerprint density at radius 1 is 1.19 bits per heavy atom. The van der Waals surface area contributed by atoms with Crippen molar-refractivity contribution in [1.29, 1.82) is 0 Å². The lowest BCUT2D eigenvalue weighted by atomic mass is 10.0. The highest BCUT2D eigenvalue weighted by Gasteiger charge is 2.23. The standard InChI is InChI=1S/C18H18N4O3S2/c1-12(23)22-8-2-3-14-10-15(5-7-18(14)22)27(24,25)19-11-13-4-6-16-17(9-13)21-26-20-16/h4-7,9-10,19H,2-3,8,11H2,1H3. The minimum absolute atomic E-state index is 0.0309. The molecule has 4 rings (SSSR count). The Morgan fingerprint density at radius 2 is 2.00 bits per heavy atom. The van der Waals surface area contributed by atoms with Crippen LogP contribution in [0.4, 0.5) is 5.69 Å². The van der Waals surface area contributed by atoms with E-state index in [0.717, 1.165) is 52.4 Å². The van der Waals surface area contributed by atoms with Crippen LogP contribution in [0.15, 0.2) is 41.3 Å². The first kappa shape index (κ1) is 18.0. The minimum Gasteiger partial charge on any atom is -0.312 e. The molecule has 0 spiro atoms. The molecule has 2 aromatic carbocycles. The summed E-state index contributed by atoms with van der Waals surface area (Å²) in [5, 5.41) is 0. The molecule has 1 aromatic heterocycles. The van der Waals surface area contributed by atoms with Crippen molar-refractivity contribution in [2.24, 2.45) is 0 Å². The molecule has 0 saturated heterocycles. The van der Waals surface area contributed by atoms with E-state index >= 15 is 0 Å². The zero-order valence-corrected chi connectivity index (χ0v) is 16.3. The third kappa shape index (κ3) is 3.58. The zero-order valence-electron chi connectivity index (χ0n) is 14.7. The summed E-state index contributed by atoms with van der Waals surface area (Å²) in [5.74, 6) is -0.0309. The number of hydrogen-bond donors (Lipinski definition) is 1. The lowest BCUT2D eigenvalue weighted by Crippen LogP contribution is -2.33. The highest BCUT2D eigenvalue weighted by molar-refractivity contribution is 7.89. The number of hydrogen-bond acceptors (Lipinski definition) is 6. The van der Waals surface area contributed by atoms with Gasteiger partial charge in [-0.3, -0.25) is 4.79 Å². The van der Waals surface area contributed by atoms with Crippen molar-refractivity contribution in [3.8, 4) is 0 Å². The Morgan fingerprint density at radius 3 is 2.81 bits per heavy atom. The summed E-state index contributed by atoms with van der Waals surface area (Å²) in [6.07, 6.45) is 1.58. The molecule has 1 aliphatic heterocycles. The number of aromatic nitrogens is 2. The molecule has 0 atom stereocenters. The Balaban J connectivity index is 1.55. The molecule has 27 heavy (non-hydrogen) atoms. The molecule has 9 heteroatoms. The van der Waals surface area contributed by atoms with Crippen molar-refractivity contribution in [3.05, 3.63) is 47.5 Å². The highest BCUT2D eigenvalue weighted by Crippen LogP contribution is 2.29. The van der Waals surface area contributed by atoms with Crippen LogP contribution in [0.2, 0.25) is 0 Å². The van der Waals surface area contributed by atoms with Gasteiger partial charge in [0, 0.05) is 25.7 Å². The summed E-state index contributed by atoms with van der Waals surface area (Å²) in [6.45, 7) is 2.36. The van der Waals surface area contributed by atoms with Gasteiger partial charge in [0.2, 0.25) is 15.9 Å². The van der Waals surface area contributed by atoms with Gasteiger partial charge in [0.25, 0.3) is 0 Å². The van der Waals surface area contributed by atoms with Crippen molar-refractivity contribution in [3.63, 3.8) is 0 Å². The van der Waals surface area contributed by atoms with E-state index in [2.05, 4.69) is 13.5 Å². The van der Waals surface area contributed by atoms with Crippen LogP contribution in [-0.4, -0.2) is 29.6 Å². The van der Waals surface area contributed by atoms with E-state index in [-0.39, 0.29) is 17.3 Å². The number of anilines is 1. The van der Waals surface area contributed by atoms with Crippen LogP contribution in [-0.2, 0) is 27.8 Å². The smallest absolute Gasteiger partial charge is 0.240 e. The zero-order chi connectivity index (χ0) is 19.0. The maximum absolute atomic E-state index is 12.7. The lowest BCUT2D eigenvalue weighted by molar-refractivity contribution is -0.116. The molecule has 0 aliphatic carbocycles. The Hall–Kier alpha value is -2.36. The topological polar surface area (TPSA) is 92.3 Å².